The molecule has 4 heterocycles. The third-order valence-electron chi connectivity index (χ3n) is 8.11. The average Bonchev–Trinajstić information content (AvgIpc) is 3.69. The quantitative estimate of drug-likeness (QED) is 0.294. The molecule has 3 aliphatic heterocycles. The Morgan fingerprint density at radius 1 is 0.744 bits per heavy atom. The summed E-state index contributed by atoms with van der Waals surface area (Å²) in [7, 11) is 0. The summed E-state index contributed by atoms with van der Waals surface area (Å²) in [6.45, 7) is 10.0. The summed E-state index contributed by atoms with van der Waals surface area (Å²) >= 11 is 0. The number of hydrogen-bond acceptors (Lipinski definition) is 9. The number of aromatic hydroxyl groups is 2. The highest BCUT2D eigenvalue weighted by atomic mass is 16.3. The molecule has 0 radical (unpaired) electrons. The highest BCUT2D eigenvalue weighted by molar-refractivity contribution is 5.97. The Morgan fingerprint density at radius 3 is 2.05 bits per heavy atom. The van der Waals surface area contributed by atoms with E-state index in [9.17, 15) is 15.0 Å². The lowest BCUT2D eigenvalue weighted by Gasteiger charge is -2.36. The maximum Gasteiger partial charge on any atom is 0.255 e. The number of rotatable bonds is 11. The van der Waals surface area contributed by atoms with E-state index in [1.54, 1.807) is 0 Å². The Labute approximate surface area is 231 Å². The number of hydrogen-bond donors (Lipinski definition) is 3. The van der Waals surface area contributed by atoms with Crippen LogP contribution in [0.1, 0.15) is 61.7 Å². The summed E-state index contributed by atoms with van der Waals surface area (Å²) < 4.78 is 0. The maximum atomic E-state index is 12.2. The average molecular weight is 538 g/mol. The Balaban J connectivity index is 1.02. The van der Waals surface area contributed by atoms with Crippen LogP contribution < -0.4 is 20.0 Å². The lowest BCUT2D eigenvalue weighted by molar-refractivity contribution is 0.0949. The predicted molar refractivity (Wildman–Crippen MR) is 154 cm³/mol. The van der Waals surface area contributed by atoms with E-state index < -0.39 is 0 Å². The highest BCUT2D eigenvalue weighted by Gasteiger charge is 2.24. The van der Waals surface area contributed by atoms with E-state index in [0.29, 0.717) is 6.54 Å². The third kappa shape index (κ3) is 7.23. The first-order chi connectivity index (χ1) is 19.1. The van der Waals surface area contributed by atoms with Gasteiger partial charge in [-0.2, -0.15) is 9.97 Å². The van der Waals surface area contributed by atoms with Gasteiger partial charge >= 0.3 is 0 Å². The number of aromatic nitrogens is 2. The molecule has 5 rings (SSSR count). The van der Waals surface area contributed by atoms with Crippen molar-refractivity contribution in [3.05, 3.63) is 29.8 Å². The third-order valence-corrected chi connectivity index (χ3v) is 8.11. The first-order valence-electron chi connectivity index (χ1n) is 14.7. The van der Waals surface area contributed by atoms with Crippen molar-refractivity contribution in [3.63, 3.8) is 0 Å². The van der Waals surface area contributed by atoms with Gasteiger partial charge in [0.1, 0.15) is 23.1 Å². The van der Waals surface area contributed by atoms with Gasteiger partial charge in [0.05, 0.1) is 5.56 Å². The van der Waals surface area contributed by atoms with Crippen molar-refractivity contribution in [1.82, 2.24) is 20.2 Å². The van der Waals surface area contributed by atoms with Crippen molar-refractivity contribution in [2.24, 2.45) is 0 Å². The SMILES string of the molecule is O=C(NCCCCCCN1CCN(c2cc(N3CCCC3)nc(N3CCCC3)n2)CC1)c1cc(O)ccc1O. The number of amides is 1. The van der Waals surface area contributed by atoms with Gasteiger partial charge in [0, 0.05) is 65.0 Å². The Hall–Kier alpha value is -3.27. The van der Waals surface area contributed by atoms with E-state index in [1.807, 2.05) is 0 Å². The molecule has 0 unspecified atom stereocenters. The minimum Gasteiger partial charge on any atom is -0.508 e. The normalized spacial score (nSPS) is 18.2. The number of unbranched alkanes of at least 4 members (excludes halogenated alkanes) is 3. The smallest absolute Gasteiger partial charge is 0.255 e. The van der Waals surface area contributed by atoms with Gasteiger partial charge < -0.3 is 30.2 Å². The van der Waals surface area contributed by atoms with Gasteiger partial charge in [-0.3, -0.25) is 9.69 Å². The van der Waals surface area contributed by atoms with E-state index in [1.165, 1.54) is 43.9 Å². The van der Waals surface area contributed by atoms with Crippen LogP contribution in [0.4, 0.5) is 17.6 Å². The van der Waals surface area contributed by atoms with Gasteiger partial charge in [-0.05, 0) is 63.3 Å². The molecule has 1 aromatic heterocycles. The van der Waals surface area contributed by atoms with Crippen molar-refractivity contribution >= 4 is 23.5 Å². The van der Waals surface area contributed by atoms with E-state index >= 15 is 0 Å². The van der Waals surface area contributed by atoms with Gasteiger partial charge in [-0.15, -0.1) is 0 Å². The number of phenolic OH excluding ortho intramolecular Hbond substituents is 2. The highest BCUT2D eigenvalue weighted by Crippen LogP contribution is 2.28. The fourth-order valence-corrected chi connectivity index (χ4v) is 5.76. The van der Waals surface area contributed by atoms with Crippen LogP contribution in [0.15, 0.2) is 24.3 Å². The number of nitrogens with one attached hydrogen (secondary N) is 1. The molecule has 0 aliphatic carbocycles. The number of piperazine rings is 1. The van der Waals surface area contributed by atoms with Crippen LogP contribution in [0.5, 0.6) is 11.5 Å². The second kappa shape index (κ2) is 13.2. The summed E-state index contributed by atoms with van der Waals surface area (Å²) in [5.74, 6) is 2.57. The first-order valence-corrected chi connectivity index (χ1v) is 14.7. The zero-order chi connectivity index (χ0) is 27.0. The van der Waals surface area contributed by atoms with Crippen molar-refractivity contribution < 1.29 is 15.0 Å². The summed E-state index contributed by atoms with van der Waals surface area (Å²) in [6, 6.07) is 6.18. The number of anilines is 3. The van der Waals surface area contributed by atoms with Crippen LogP contribution in [-0.2, 0) is 0 Å². The maximum absolute atomic E-state index is 12.2. The van der Waals surface area contributed by atoms with Crippen LogP contribution in [0, 0.1) is 0 Å². The van der Waals surface area contributed by atoms with E-state index in [2.05, 4.69) is 31.0 Å². The Morgan fingerprint density at radius 2 is 1.36 bits per heavy atom. The Bertz CT molecular complexity index is 1060. The van der Waals surface area contributed by atoms with Crippen LogP contribution >= 0.6 is 0 Å². The molecule has 10 heteroatoms. The lowest BCUT2D eigenvalue weighted by atomic mass is 10.1. The molecule has 1 aromatic carbocycles. The van der Waals surface area contributed by atoms with Crippen molar-refractivity contribution in [1.29, 1.82) is 0 Å². The molecule has 212 valence electrons. The molecule has 0 atom stereocenters. The fourth-order valence-electron chi connectivity index (χ4n) is 5.76. The molecule has 0 saturated carbocycles. The molecule has 39 heavy (non-hydrogen) atoms. The number of carbonyl (C=O) groups excluding carboxylic acids is 1. The molecule has 0 bridgehead atoms. The van der Waals surface area contributed by atoms with Crippen molar-refractivity contribution in [3.8, 4) is 11.5 Å². The van der Waals surface area contributed by atoms with Crippen LogP contribution in [0.3, 0.4) is 0 Å². The van der Waals surface area contributed by atoms with Crippen LogP contribution in [-0.4, -0.2) is 96.4 Å². The van der Waals surface area contributed by atoms with E-state index in [4.69, 9.17) is 9.97 Å². The van der Waals surface area contributed by atoms with Gasteiger partial charge in [0.2, 0.25) is 5.95 Å². The van der Waals surface area contributed by atoms with Crippen LogP contribution in [0.2, 0.25) is 0 Å². The zero-order valence-corrected chi connectivity index (χ0v) is 23.0. The second-order valence-corrected chi connectivity index (χ2v) is 11.0. The predicted octanol–water partition coefficient (Wildman–Crippen LogP) is 3.20. The van der Waals surface area contributed by atoms with E-state index in [-0.39, 0.29) is 23.0 Å². The fraction of sp³-hybridized carbons (Fsp3) is 0.621. The van der Waals surface area contributed by atoms with Crippen molar-refractivity contribution in [2.45, 2.75) is 51.4 Å². The standard InChI is InChI=1S/C29H43N7O3/c37-23-9-10-25(38)24(21-23)28(39)30-11-3-1-2-4-12-33-17-19-35(20-18-33)27-22-26(34-13-5-6-14-34)31-29(32-27)36-15-7-8-16-36/h9-10,21-22,37-38H,1-8,11-20H2,(H,30,39). The molecule has 3 fully saturated rings. The monoisotopic (exact) mass is 537 g/mol. The topological polar surface area (TPSA) is 108 Å². The summed E-state index contributed by atoms with van der Waals surface area (Å²) in [4.78, 5) is 31.9. The van der Waals surface area contributed by atoms with Gasteiger partial charge in [-0.1, -0.05) is 12.8 Å². The minimum atomic E-state index is -0.356. The molecule has 1 amide bonds. The summed E-state index contributed by atoms with van der Waals surface area (Å²) in [5.41, 5.74) is 0.107. The molecule has 2 aromatic rings. The molecule has 3 saturated heterocycles. The number of phenols is 2. The van der Waals surface area contributed by atoms with Crippen molar-refractivity contribution in [2.75, 3.05) is 80.1 Å². The molecule has 10 nitrogen and oxygen atoms in total. The molecular weight excluding hydrogens is 494 g/mol. The second-order valence-electron chi connectivity index (χ2n) is 11.0. The lowest BCUT2D eigenvalue weighted by Crippen LogP contribution is -2.47. The zero-order valence-electron chi connectivity index (χ0n) is 23.0. The molecule has 0 spiro atoms. The van der Waals surface area contributed by atoms with Gasteiger partial charge in [0.15, 0.2) is 0 Å². The first kappa shape index (κ1) is 27.3. The minimum absolute atomic E-state index is 0.0329. The summed E-state index contributed by atoms with van der Waals surface area (Å²) in [5, 5.41) is 22.2. The van der Waals surface area contributed by atoms with E-state index in [0.717, 1.165) is 102 Å². The van der Waals surface area contributed by atoms with Gasteiger partial charge in [-0.25, -0.2) is 0 Å². The molecule has 3 N–H and O–H groups in total. The van der Waals surface area contributed by atoms with Crippen LogP contribution in [0.25, 0.3) is 0 Å². The molecular formula is C29H43N7O3. The number of benzene rings is 1. The van der Waals surface area contributed by atoms with Gasteiger partial charge in [0.25, 0.3) is 5.91 Å². The largest absolute Gasteiger partial charge is 0.508 e. The summed E-state index contributed by atoms with van der Waals surface area (Å²) in [6.07, 6.45) is 9.15. The molecule has 3 aliphatic rings. The number of carbonyl (C=O) groups is 1. The Kier molecular flexibility index (Phi) is 9.23. The number of nitrogens with zero attached hydrogens (tertiary/aromatic N) is 6.